The Morgan fingerprint density at radius 2 is 1.66 bits per heavy atom. The minimum Gasteiger partial charge on any atom is -0.741 e. The first-order chi connectivity index (χ1) is 14.7. The largest absolute Gasteiger partial charge is 0.741 e. The molecule has 4 nitrogen and oxygen atoms in total. The Hall–Kier alpha value is -1.50. The molecular weight excluding hydrogens is 576 g/mol. The van der Waals surface area contributed by atoms with E-state index in [1.165, 1.54) is 12.7 Å². The summed E-state index contributed by atoms with van der Waals surface area (Å²) in [6.07, 6.45) is 4.10. The van der Waals surface area contributed by atoms with E-state index >= 15 is 0 Å². The molecule has 1 aromatic carbocycles. The number of halogens is 4. The highest BCUT2D eigenvalue weighted by Gasteiger charge is 2.37. The number of alkyl halides is 3. The van der Waals surface area contributed by atoms with Gasteiger partial charge in [0.2, 0.25) is 5.78 Å². The predicted octanol–water partition coefficient (Wildman–Crippen LogP) is 2.96. The van der Waals surface area contributed by atoms with Crippen LogP contribution in [0, 0.1) is 8.99 Å². The van der Waals surface area contributed by atoms with E-state index in [0.717, 1.165) is 23.3 Å². The number of Topliss-reactive ketones (excluding diaryl/α,β-unsaturated/α-hetero) is 1. The van der Waals surface area contributed by atoms with Gasteiger partial charge >= 0.3 is 26.7 Å². The molecule has 1 heterocycles. The Labute approximate surface area is 200 Å². The van der Waals surface area contributed by atoms with Crippen LogP contribution >= 0.6 is 11.3 Å². The van der Waals surface area contributed by atoms with E-state index in [1.807, 2.05) is 17.5 Å². The summed E-state index contributed by atoms with van der Waals surface area (Å²) >= 11 is 1.27. The zero-order valence-electron chi connectivity index (χ0n) is 17.6. The van der Waals surface area contributed by atoms with Crippen molar-refractivity contribution in [3.8, 4) is 0 Å². The molecule has 174 valence electrons. The third-order valence-corrected chi connectivity index (χ3v) is 8.96. The van der Waals surface area contributed by atoms with Crippen LogP contribution in [0.3, 0.4) is 0 Å². The second-order valence-corrected chi connectivity index (χ2v) is 13.2. The van der Waals surface area contributed by atoms with Crippen molar-refractivity contribution in [3.63, 3.8) is 0 Å². The van der Waals surface area contributed by atoms with E-state index in [9.17, 15) is 18.0 Å². The van der Waals surface area contributed by atoms with Gasteiger partial charge in [-0.15, -0.1) is 11.3 Å². The Balaban J connectivity index is 0.000000390. The molecule has 0 bridgehead atoms. The summed E-state index contributed by atoms with van der Waals surface area (Å²) in [5, 5.41) is 1.99. The second-order valence-electron chi connectivity index (χ2n) is 7.84. The van der Waals surface area contributed by atoms with Crippen molar-refractivity contribution in [2.45, 2.75) is 39.1 Å². The second kappa shape index (κ2) is 10.6. The molecule has 0 spiro atoms. The first-order valence-electron chi connectivity index (χ1n) is 9.42. The van der Waals surface area contributed by atoms with Crippen molar-refractivity contribution in [3.05, 3.63) is 77.1 Å². The zero-order chi connectivity index (χ0) is 24.2. The lowest BCUT2D eigenvalue weighted by molar-refractivity contribution is -0.578. The van der Waals surface area contributed by atoms with Crippen LogP contribution in [0.25, 0.3) is 0 Å². The predicted molar refractivity (Wildman–Crippen MR) is 113 cm³/mol. The first-order valence-corrected chi connectivity index (χ1v) is 13.9. The molecule has 1 aromatic heterocycles. The SMILES string of the molecule is CC(C)(C)C1=CCC([I+]c2ccccc2)=C(C(=O)c2cccs2)C1.O=S(=O)([O-])C(F)(F)F. The van der Waals surface area contributed by atoms with Crippen molar-refractivity contribution in [1.29, 1.82) is 0 Å². The van der Waals surface area contributed by atoms with Gasteiger partial charge in [-0.1, -0.05) is 56.7 Å². The molecule has 0 unspecified atom stereocenters. The van der Waals surface area contributed by atoms with Crippen LogP contribution in [0.4, 0.5) is 13.2 Å². The molecule has 10 heteroatoms. The molecule has 0 fully saturated rings. The summed E-state index contributed by atoms with van der Waals surface area (Å²) in [7, 11) is -6.09. The number of ketones is 1. The van der Waals surface area contributed by atoms with Crippen molar-refractivity contribution in [2.24, 2.45) is 5.41 Å². The third kappa shape index (κ3) is 7.53. The van der Waals surface area contributed by atoms with Gasteiger partial charge in [0.05, 0.1) is 10.5 Å². The molecule has 0 saturated carbocycles. The van der Waals surface area contributed by atoms with Gasteiger partial charge < -0.3 is 4.55 Å². The molecule has 0 N–H and O–H groups in total. The molecule has 0 amide bonds. The summed E-state index contributed by atoms with van der Waals surface area (Å²) < 4.78 is 61.7. The van der Waals surface area contributed by atoms with Gasteiger partial charge in [0, 0.05) is 12.8 Å². The van der Waals surface area contributed by atoms with E-state index in [1.54, 1.807) is 11.3 Å². The van der Waals surface area contributed by atoms with Crippen molar-refractivity contribution in [1.82, 2.24) is 0 Å². The number of carbonyl (C=O) groups excluding carboxylic acids is 1. The van der Waals surface area contributed by atoms with Gasteiger partial charge in [0.25, 0.3) is 0 Å². The van der Waals surface area contributed by atoms with Crippen molar-refractivity contribution >= 4 is 27.2 Å². The minimum atomic E-state index is -6.09. The fourth-order valence-corrected chi connectivity index (χ4v) is 6.15. The van der Waals surface area contributed by atoms with E-state index in [4.69, 9.17) is 13.0 Å². The minimum absolute atomic E-state index is 0.123. The lowest BCUT2D eigenvalue weighted by Gasteiger charge is -2.26. The maximum atomic E-state index is 13.1. The van der Waals surface area contributed by atoms with Gasteiger partial charge in [-0.25, -0.2) is 8.42 Å². The Kier molecular flexibility index (Phi) is 8.88. The molecule has 0 atom stereocenters. The highest BCUT2D eigenvalue weighted by molar-refractivity contribution is 7.86. The van der Waals surface area contributed by atoms with Crippen molar-refractivity contribution in [2.75, 3.05) is 0 Å². The molecule has 0 radical (unpaired) electrons. The molecule has 1 aliphatic carbocycles. The van der Waals surface area contributed by atoms with Crippen LogP contribution in [0.5, 0.6) is 0 Å². The van der Waals surface area contributed by atoms with E-state index in [0.29, 0.717) is 0 Å². The van der Waals surface area contributed by atoms with Crippen LogP contribution in [0.15, 0.2) is 68.6 Å². The maximum Gasteiger partial charge on any atom is 0.485 e. The maximum absolute atomic E-state index is 13.1. The van der Waals surface area contributed by atoms with E-state index < -0.39 is 15.6 Å². The van der Waals surface area contributed by atoms with Gasteiger partial charge in [0.15, 0.2) is 17.3 Å². The summed E-state index contributed by atoms with van der Waals surface area (Å²) in [6.45, 7) is 6.72. The number of benzene rings is 1. The van der Waals surface area contributed by atoms with E-state index in [-0.39, 0.29) is 32.4 Å². The summed E-state index contributed by atoms with van der Waals surface area (Å²) in [5.74, 6) is 0.241. The van der Waals surface area contributed by atoms with Gasteiger partial charge in [-0.2, -0.15) is 13.2 Å². The molecule has 0 saturated heterocycles. The first kappa shape index (κ1) is 26.7. The number of carbonyl (C=O) groups is 1. The van der Waals surface area contributed by atoms with Crippen LogP contribution in [-0.4, -0.2) is 24.3 Å². The Bertz CT molecular complexity index is 1100. The normalized spacial score (nSPS) is 15.0. The standard InChI is InChI=1S/C21H22IOS.CHF3O3S/c1-21(2,3)15-11-12-18(22-16-8-5-4-6-9-16)17(14-15)20(23)19-10-7-13-24-19;2-1(3,4)8(5,6)7/h4-11,13H,12,14H2,1-3H3;(H,5,6,7)/q+1;/p-1. The summed E-state index contributed by atoms with van der Waals surface area (Å²) in [5.41, 5.74) is -3.07. The molecule has 32 heavy (non-hydrogen) atoms. The number of hydrogen-bond acceptors (Lipinski definition) is 5. The number of allylic oxidation sites excluding steroid dienone is 4. The topological polar surface area (TPSA) is 74.3 Å². The lowest BCUT2D eigenvalue weighted by atomic mass is 9.79. The highest BCUT2D eigenvalue weighted by atomic mass is 127. The summed E-state index contributed by atoms with van der Waals surface area (Å²) in [4.78, 5) is 13.9. The molecule has 1 aliphatic rings. The smallest absolute Gasteiger partial charge is 0.485 e. The van der Waals surface area contributed by atoms with Crippen LogP contribution in [0.2, 0.25) is 0 Å². The number of hydrogen-bond donors (Lipinski definition) is 0. The molecule has 3 rings (SSSR count). The van der Waals surface area contributed by atoms with Crippen LogP contribution < -0.4 is 21.2 Å². The van der Waals surface area contributed by atoms with Crippen molar-refractivity contribution < 1.29 is 52.1 Å². The van der Waals surface area contributed by atoms with Gasteiger partial charge in [0.1, 0.15) is 0 Å². The van der Waals surface area contributed by atoms with Gasteiger partial charge in [-0.3, -0.25) is 4.79 Å². The van der Waals surface area contributed by atoms with Gasteiger partial charge in [-0.05, 0) is 29.0 Å². The zero-order valence-corrected chi connectivity index (χ0v) is 21.4. The lowest BCUT2D eigenvalue weighted by Crippen LogP contribution is -3.61. The highest BCUT2D eigenvalue weighted by Crippen LogP contribution is 2.35. The number of thiophene rings is 1. The number of rotatable bonds is 4. The molecule has 2 aromatic rings. The van der Waals surface area contributed by atoms with Crippen LogP contribution in [-0.2, 0) is 10.1 Å². The third-order valence-electron chi connectivity index (χ3n) is 4.44. The van der Waals surface area contributed by atoms with E-state index in [2.05, 4.69) is 57.2 Å². The average molecular weight is 598 g/mol. The Morgan fingerprint density at radius 1 is 1.06 bits per heavy atom. The average Bonchev–Trinajstić information content (AvgIpc) is 3.21. The quantitative estimate of drug-likeness (QED) is 0.179. The fourth-order valence-electron chi connectivity index (χ4n) is 2.73. The summed E-state index contributed by atoms with van der Waals surface area (Å²) in [6, 6.07) is 14.5. The molecule has 0 aliphatic heterocycles. The van der Waals surface area contributed by atoms with Crippen LogP contribution in [0.1, 0.15) is 43.3 Å². The monoisotopic (exact) mass is 598 g/mol. The molecular formula is C22H22F3IO4S2. The Morgan fingerprint density at radius 3 is 2.12 bits per heavy atom. The fraction of sp³-hybridized carbons (Fsp3) is 0.318.